The molecule has 2 aliphatic rings. The number of fused-ring (bicyclic) bond motifs is 1. The summed E-state index contributed by atoms with van der Waals surface area (Å²) >= 11 is 0. The molecule has 2 atom stereocenters. The number of hydrogen-bond acceptors (Lipinski definition) is 4. The number of piperazine rings is 1. The molecule has 132 valence electrons. The van der Waals surface area contributed by atoms with Crippen LogP contribution in [0.15, 0.2) is 23.1 Å². The predicted molar refractivity (Wildman–Crippen MR) is 93.8 cm³/mol. The minimum Gasteiger partial charge on any atom is -0.340 e. The molecule has 1 aromatic rings. The Bertz CT molecular complexity index is 720. The summed E-state index contributed by atoms with van der Waals surface area (Å²) in [6.07, 6.45) is 3.14. The smallest absolute Gasteiger partial charge is 0.223 e. The maximum atomic E-state index is 12.6. The maximum Gasteiger partial charge on any atom is 0.223 e. The van der Waals surface area contributed by atoms with Gasteiger partial charge in [0.15, 0.2) is 9.84 Å². The summed E-state index contributed by atoms with van der Waals surface area (Å²) in [6.45, 7) is 5.36. The van der Waals surface area contributed by atoms with Gasteiger partial charge in [-0.1, -0.05) is 6.07 Å². The van der Waals surface area contributed by atoms with Gasteiger partial charge in [0.2, 0.25) is 5.91 Å². The topological polar surface area (TPSA) is 66.5 Å². The van der Waals surface area contributed by atoms with E-state index in [-0.39, 0.29) is 30.2 Å². The standard InChI is InChI=1S/C18H26N2O3S/c1-13-11-20(12-14(2)19-13)18(21)8-9-24(22,23)17-7-6-15-4-3-5-16(15)10-17/h6-7,10,13-14,19H,3-5,8-9,11-12H2,1-2H3. The van der Waals surface area contributed by atoms with Crippen LogP contribution in [0.25, 0.3) is 0 Å². The Morgan fingerprint density at radius 2 is 1.83 bits per heavy atom. The Labute approximate surface area is 144 Å². The zero-order chi connectivity index (χ0) is 17.3. The summed E-state index contributed by atoms with van der Waals surface area (Å²) in [7, 11) is -3.41. The SMILES string of the molecule is CC1CN(C(=O)CCS(=O)(=O)c2ccc3c(c2)CCC3)CC(C)N1. The van der Waals surface area contributed by atoms with Gasteiger partial charge in [0.25, 0.3) is 0 Å². The Hall–Kier alpha value is -1.40. The lowest BCUT2D eigenvalue weighted by Crippen LogP contribution is -2.56. The van der Waals surface area contributed by atoms with Crippen LogP contribution < -0.4 is 5.32 Å². The van der Waals surface area contributed by atoms with Gasteiger partial charge in [-0.05, 0) is 56.4 Å². The molecule has 1 aliphatic carbocycles. The number of carbonyl (C=O) groups excluding carboxylic acids is 1. The molecule has 5 nitrogen and oxygen atoms in total. The van der Waals surface area contributed by atoms with E-state index < -0.39 is 9.84 Å². The first-order valence-corrected chi connectivity index (χ1v) is 10.4. The van der Waals surface area contributed by atoms with E-state index >= 15 is 0 Å². The van der Waals surface area contributed by atoms with Gasteiger partial charge in [-0.3, -0.25) is 4.79 Å². The Balaban J connectivity index is 1.63. The fraction of sp³-hybridized carbons (Fsp3) is 0.611. The fourth-order valence-corrected chi connectivity index (χ4v) is 5.05. The van der Waals surface area contributed by atoms with E-state index in [1.165, 1.54) is 5.56 Å². The van der Waals surface area contributed by atoms with Crippen molar-refractivity contribution in [2.24, 2.45) is 0 Å². The van der Waals surface area contributed by atoms with Crippen LogP contribution in [0.1, 0.15) is 37.8 Å². The number of sulfone groups is 1. The van der Waals surface area contributed by atoms with Crippen LogP contribution in [0.5, 0.6) is 0 Å². The first-order chi connectivity index (χ1) is 11.3. The lowest BCUT2D eigenvalue weighted by molar-refractivity contribution is -0.132. The maximum absolute atomic E-state index is 12.6. The van der Waals surface area contributed by atoms with Crippen LogP contribution >= 0.6 is 0 Å². The monoisotopic (exact) mass is 350 g/mol. The van der Waals surface area contributed by atoms with Gasteiger partial charge in [-0.2, -0.15) is 0 Å². The van der Waals surface area contributed by atoms with E-state index in [0.717, 1.165) is 24.8 Å². The van der Waals surface area contributed by atoms with Gasteiger partial charge in [0.05, 0.1) is 10.6 Å². The summed E-state index contributed by atoms with van der Waals surface area (Å²) in [5, 5.41) is 3.37. The number of amides is 1. The molecular weight excluding hydrogens is 324 g/mol. The number of nitrogens with one attached hydrogen (secondary N) is 1. The second-order valence-corrected chi connectivity index (χ2v) is 9.23. The molecule has 1 heterocycles. The first kappa shape index (κ1) is 17.4. The van der Waals surface area contributed by atoms with Gasteiger partial charge in [0, 0.05) is 31.6 Å². The third-order valence-electron chi connectivity index (χ3n) is 4.92. The molecule has 6 heteroatoms. The van der Waals surface area contributed by atoms with Gasteiger partial charge >= 0.3 is 0 Å². The van der Waals surface area contributed by atoms with Crippen LogP contribution in [0.3, 0.4) is 0 Å². The van der Waals surface area contributed by atoms with Gasteiger partial charge in [-0.25, -0.2) is 8.42 Å². The van der Waals surface area contributed by atoms with Gasteiger partial charge in [0.1, 0.15) is 0 Å². The van der Waals surface area contributed by atoms with Crippen LogP contribution in [0, 0.1) is 0 Å². The minimum absolute atomic E-state index is 0.0544. The predicted octanol–water partition coefficient (Wildman–Crippen LogP) is 1.55. The van der Waals surface area contributed by atoms with E-state index in [1.54, 1.807) is 17.0 Å². The lowest BCUT2D eigenvalue weighted by Gasteiger charge is -2.36. The molecule has 1 amide bonds. The summed E-state index contributed by atoms with van der Waals surface area (Å²) in [4.78, 5) is 14.5. The van der Waals surface area contributed by atoms with E-state index in [0.29, 0.717) is 18.0 Å². The summed E-state index contributed by atoms with van der Waals surface area (Å²) in [5.41, 5.74) is 2.40. The highest BCUT2D eigenvalue weighted by Gasteiger charge is 2.26. The van der Waals surface area contributed by atoms with Gasteiger partial charge < -0.3 is 10.2 Å². The van der Waals surface area contributed by atoms with E-state index in [4.69, 9.17) is 0 Å². The molecule has 1 aliphatic heterocycles. The van der Waals surface area contributed by atoms with Crippen molar-refractivity contribution in [3.05, 3.63) is 29.3 Å². The van der Waals surface area contributed by atoms with Crippen molar-refractivity contribution < 1.29 is 13.2 Å². The number of benzene rings is 1. The minimum atomic E-state index is -3.41. The average Bonchev–Trinajstić information content (AvgIpc) is 2.99. The van der Waals surface area contributed by atoms with Crippen molar-refractivity contribution in [2.75, 3.05) is 18.8 Å². The number of nitrogens with zero attached hydrogens (tertiary/aromatic N) is 1. The zero-order valence-electron chi connectivity index (χ0n) is 14.4. The highest BCUT2D eigenvalue weighted by Crippen LogP contribution is 2.25. The van der Waals surface area contributed by atoms with Crippen molar-refractivity contribution in [2.45, 2.75) is 56.5 Å². The largest absolute Gasteiger partial charge is 0.340 e. The van der Waals surface area contributed by atoms with E-state index in [1.807, 2.05) is 19.9 Å². The van der Waals surface area contributed by atoms with Crippen LogP contribution in [0.4, 0.5) is 0 Å². The lowest BCUT2D eigenvalue weighted by atomic mass is 10.1. The molecule has 1 fully saturated rings. The highest BCUT2D eigenvalue weighted by atomic mass is 32.2. The number of hydrogen-bond donors (Lipinski definition) is 1. The molecule has 1 saturated heterocycles. The Kier molecular flexibility index (Phi) is 4.97. The molecule has 1 N–H and O–H groups in total. The van der Waals surface area contributed by atoms with Gasteiger partial charge in [-0.15, -0.1) is 0 Å². The summed E-state index contributed by atoms with van der Waals surface area (Å²) < 4.78 is 25.1. The molecule has 0 saturated carbocycles. The molecule has 1 aromatic carbocycles. The van der Waals surface area contributed by atoms with Crippen LogP contribution in [0.2, 0.25) is 0 Å². The van der Waals surface area contributed by atoms with Crippen molar-refractivity contribution in [1.29, 1.82) is 0 Å². The zero-order valence-corrected chi connectivity index (χ0v) is 15.2. The first-order valence-electron chi connectivity index (χ1n) is 8.73. The Morgan fingerprint density at radius 3 is 2.54 bits per heavy atom. The molecule has 0 aromatic heterocycles. The molecule has 0 spiro atoms. The van der Waals surface area contributed by atoms with Crippen molar-refractivity contribution in [3.63, 3.8) is 0 Å². The summed E-state index contributed by atoms with van der Waals surface area (Å²) in [5.74, 6) is -0.183. The van der Waals surface area contributed by atoms with Crippen LogP contribution in [-0.2, 0) is 27.5 Å². The molecule has 2 unspecified atom stereocenters. The average molecular weight is 350 g/mol. The highest BCUT2D eigenvalue weighted by molar-refractivity contribution is 7.91. The third kappa shape index (κ3) is 3.81. The number of rotatable bonds is 4. The molecule has 24 heavy (non-hydrogen) atoms. The normalized spacial score (nSPS) is 24.0. The molecule has 3 rings (SSSR count). The molecule has 0 radical (unpaired) electrons. The Morgan fingerprint density at radius 1 is 1.17 bits per heavy atom. The van der Waals surface area contributed by atoms with Crippen molar-refractivity contribution in [1.82, 2.24) is 10.2 Å². The second-order valence-electron chi connectivity index (χ2n) is 7.12. The third-order valence-corrected chi connectivity index (χ3v) is 6.64. The number of carbonyl (C=O) groups is 1. The molecule has 0 bridgehead atoms. The van der Waals surface area contributed by atoms with E-state index in [2.05, 4.69) is 5.32 Å². The quantitative estimate of drug-likeness (QED) is 0.895. The molecular formula is C18H26N2O3S. The van der Waals surface area contributed by atoms with Crippen molar-refractivity contribution in [3.8, 4) is 0 Å². The second kappa shape index (κ2) is 6.84. The summed E-state index contributed by atoms with van der Waals surface area (Å²) in [6, 6.07) is 5.91. The van der Waals surface area contributed by atoms with Crippen molar-refractivity contribution >= 4 is 15.7 Å². The fourth-order valence-electron chi connectivity index (χ4n) is 3.77. The van der Waals surface area contributed by atoms with Crippen LogP contribution in [-0.4, -0.2) is 50.2 Å². The van der Waals surface area contributed by atoms with E-state index in [9.17, 15) is 13.2 Å². The number of aryl methyl sites for hydroxylation is 2.